The number of nitrogens with one attached hydrogen (secondary N) is 1. The molecular weight excluding hydrogens is 218 g/mol. The van der Waals surface area contributed by atoms with Gasteiger partial charge in [0.05, 0.1) is 18.7 Å². The minimum atomic E-state index is -0.0758. The molecule has 1 saturated carbocycles. The van der Waals surface area contributed by atoms with E-state index in [1.165, 1.54) is 12.8 Å². The van der Waals surface area contributed by atoms with Crippen molar-refractivity contribution in [3.05, 3.63) is 5.82 Å². The van der Waals surface area contributed by atoms with Gasteiger partial charge in [-0.05, 0) is 23.3 Å². The lowest BCUT2D eigenvalue weighted by Crippen LogP contribution is -2.50. The average molecular weight is 233 g/mol. The van der Waals surface area contributed by atoms with Crippen molar-refractivity contribution in [1.82, 2.24) is 30.4 Å². The molecule has 1 saturated heterocycles. The zero-order chi connectivity index (χ0) is 11.7. The molecule has 90 valence electrons. The third-order valence-electron chi connectivity index (χ3n) is 3.30. The highest BCUT2D eigenvalue weighted by Crippen LogP contribution is 2.34. The molecule has 0 radical (unpaired) electrons. The minimum Gasteiger partial charge on any atom is -0.313 e. The van der Waals surface area contributed by atoms with E-state index in [1.54, 1.807) is 0 Å². The maximum absolute atomic E-state index is 9.09. The normalized spacial score (nSPS) is 25.7. The predicted octanol–water partition coefficient (Wildman–Crippen LogP) is -0.695. The van der Waals surface area contributed by atoms with Crippen molar-refractivity contribution in [3.63, 3.8) is 0 Å². The first-order chi connectivity index (χ1) is 8.38. The van der Waals surface area contributed by atoms with Crippen molar-refractivity contribution in [2.24, 2.45) is 0 Å². The minimum absolute atomic E-state index is 0.0758. The molecule has 1 aromatic heterocycles. The summed E-state index contributed by atoms with van der Waals surface area (Å²) in [6.45, 7) is 3.18. The summed E-state index contributed by atoms with van der Waals surface area (Å²) >= 11 is 0. The zero-order valence-corrected chi connectivity index (χ0v) is 9.58. The number of piperazine rings is 1. The molecule has 0 spiro atoms. The van der Waals surface area contributed by atoms with Gasteiger partial charge in [-0.3, -0.25) is 4.90 Å². The van der Waals surface area contributed by atoms with Crippen LogP contribution in [0.1, 0.15) is 24.7 Å². The SMILES string of the molecule is N#CC1CNCCN1Cc1nnnn1C1CC1. The summed E-state index contributed by atoms with van der Waals surface area (Å²) in [5, 5.41) is 24.1. The van der Waals surface area contributed by atoms with Crippen molar-refractivity contribution in [3.8, 4) is 6.07 Å². The standard InChI is InChI=1S/C10H15N7/c11-5-9-6-12-3-4-16(9)7-10-13-14-15-17(10)8-1-2-8/h8-9,12H,1-4,6-7H2. The lowest BCUT2D eigenvalue weighted by atomic mass is 10.2. The molecular formula is C10H15N7. The Morgan fingerprint density at radius 3 is 3.12 bits per heavy atom. The summed E-state index contributed by atoms with van der Waals surface area (Å²) in [4.78, 5) is 2.14. The second-order valence-electron chi connectivity index (χ2n) is 4.59. The molecule has 2 aliphatic rings. The van der Waals surface area contributed by atoms with Gasteiger partial charge in [0.1, 0.15) is 6.04 Å². The van der Waals surface area contributed by atoms with Gasteiger partial charge in [0, 0.05) is 19.6 Å². The quantitative estimate of drug-likeness (QED) is 0.743. The van der Waals surface area contributed by atoms with Gasteiger partial charge in [-0.2, -0.15) is 5.26 Å². The lowest BCUT2D eigenvalue weighted by molar-refractivity contribution is 0.181. The second-order valence-corrected chi connectivity index (χ2v) is 4.59. The summed E-state index contributed by atoms with van der Waals surface area (Å²) in [5.74, 6) is 0.884. The topological polar surface area (TPSA) is 82.7 Å². The molecule has 7 nitrogen and oxygen atoms in total. The molecule has 0 amide bonds. The van der Waals surface area contributed by atoms with E-state index in [1.807, 2.05) is 4.68 Å². The highest BCUT2D eigenvalue weighted by Gasteiger charge is 2.30. The van der Waals surface area contributed by atoms with Gasteiger partial charge < -0.3 is 5.32 Å². The average Bonchev–Trinajstić information content (AvgIpc) is 3.11. The van der Waals surface area contributed by atoms with E-state index in [9.17, 15) is 0 Å². The Bertz CT molecular complexity index is 430. The van der Waals surface area contributed by atoms with Crippen LogP contribution in [0.4, 0.5) is 0 Å². The molecule has 0 bridgehead atoms. The Morgan fingerprint density at radius 2 is 2.35 bits per heavy atom. The number of nitriles is 1. The van der Waals surface area contributed by atoms with Crippen LogP contribution in [0, 0.1) is 11.3 Å². The number of tetrazole rings is 1. The molecule has 2 fully saturated rings. The van der Waals surface area contributed by atoms with Gasteiger partial charge in [0.15, 0.2) is 5.82 Å². The van der Waals surface area contributed by atoms with E-state index in [0.29, 0.717) is 12.6 Å². The third kappa shape index (κ3) is 2.14. The highest BCUT2D eigenvalue weighted by atomic mass is 15.6. The number of hydrogen-bond acceptors (Lipinski definition) is 6. The van der Waals surface area contributed by atoms with Crippen LogP contribution < -0.4 is 5.32 Å². The summed E-state index contributed by atoms with van der Waals surface area (Å²) in [6, 6.07) is 2.73. The molecule has 17 heavy (non-hydrogen) atoms. The first-order valence-electron chi connectivity index (χ1n) is 5.99. The van der Waals surface area contributed by atoms with Crippen molar-refractivity contribution in [2.75, 3.05) is 19.6 Å². The van der Waals surface area contributed by atoms with Crippen LogP contribution in [-0.4, -0.2) is 50.8 Å². The molecule has 2 heterocycles. The monoisotopic (exact) mass is 233 g/mol. The van der Waals surface area contributed by atoms with Crippen molar-refractivity contribution in [2.45, 2.75) is 31.5 Å². The summed E-state index contributed by atoms with van der Waals surface area (Å²) in [5.41, 5.74) is 0. The smallest absolute Gasteiger partial charge is 0.165 e. The first kappa shape index (κ1) is 10.6. The van der Waals surface area contributed by atoms with Crippen molar-refractivity contribution < 1.29 is 0 Å². The second kappa shape index (κ2) is 4.39. The Kier molecular flexibility index (Phi) is 2.74. The van der Waals surface area contributed by atoms with Gasteiger partial charge in [0.2, 0.25) is 0 Å². The summed E-state index contributed by atoms with van der Waals surface area (Å²) in [6.07, 6.45) is 2.34. The van der Waals surface area contributed by atoms with E-state index < -0.39 is 0 Å². The van der Waals surface area contributed by atoms with Crippen LogP contribution in [-0.2, 0) is 6.54 Å². The van der Waals surface area contributed by atoms with Gasteiger partial charge in [0.25, 0.3) is 0 Å². The first-order valence-corrected chi connectivity index (χ1v) is 5.99. The van der Waals surface area contributed by atoms with E-state index in [0.717, 1.165) is 25.5 Å². The fourth-order valence-corrected chi connectivity index (χ4v) is 2.16. The van der Waals surface area contributed by atoms with E-state index in [2.05, 4.69) is 31.8 Å². The number of aromatic nitrogens is 4. The summed E-state index contributed by atoms with van der Waals surface area (Å²) < 4.78 is 1.91. The van der Waals surface area contributed by atoms with E-state index >= 15 is 0 Å². The van der Waals surface area contributed by atoms with Crippen LogP contribution in [0.2, 0.25) is 0 Å². The van der Waals surface area contributed by atoms with E-state index in [4.69, 9.17) is 5.26 Å². The molecule has 1 aliphatic heterocycles. The molecule has 1 aromatic rings. The third-order valence-corrected chi connectivity index (χ3v) is 3.30. The lowest BCUT2D eigenvalue weighted by Gasteiger charge is -2.31. The fraction of sp³-hybridized carbons (Fsp3) is 0.800. The fourth-order valence-electron chi connectivity index (χ4n) is 2.16. The maximum atomic E-state index is 9.09. The number of nitrogens with zero attached hydrogens (tertiary/aromatic N) is 6. The molecule has 3 rings (SSSR count). The molecule has 1 atom stereocenters. The molecule has 7 heteroatoms. The van der Waals surface area contributed by atoms with Crippen molar-refractivity contribution >= 4 is 0 Å². The van der Waals surface area contributed by atoms with Crippen LogP contribution >= 0.6 is 0 Å². The Hall–Kier alpha value is -1.52. The van der Waals surface area contributed by atoms with Gasteiger partial charge >= 0.3 is 0 Å². The molecule has 1 N–H and O–H groups in total. The van der Waals surface area contributed by atoms with E-state index in [-0.39, 0.29) is 6.04 Å². The maximum Gasteiger partial charge on any atom is 0.165 e. The molecule has 0 aromatic carbocycles. The van der Waals surface area contributed by atoms with Gasteiger partial charge in [-0.15, -0.1) is 5.10 Å². The summed E-state index contributed by atoms with van der Waals surface area (Å²) in [7, 11) is 0. The van der Waals surface area contributed by atoms with Crippen LogP contribution in [0.5, 0.6) is 0 Å². The predicted molar refractivity (Wildman–Crippen MR) is 58.8 cm³/mol. The van der Waals surface area contributed by atoms with Crippen LogP contribution in [0.15, 0.2) is 0 Å². The molecule has 1 aliphatic carbocycles. The molecule has 1 unspecified atom stereocenters. The Labute approximate surface area is 99.4 Å². The highest BCUT2D eigenvalue weighted by molar-refractivity contribution is 4.99. The Balaban J connectivity index is 1.72. The largest absolute Gasteiger partial charge is 0.313 e. The van der Waals surface area contributed by atoms with Crippen molar-refractivity contribution in [1.29, 1.82) is 5.26 Å². The van der Waals surface area contributed by atoms with Crippen LogP contribution in [0.3, 0.4) is 0 Å². The number of rotatable bonds is 3. The van der Waals surface area contributed by atoms with Gasteiger partial charge in [-0.1, -0.05) is 0 Å². The van der Waals surface area contributed by atoms with Gasteiger partial charge in [-0.25, -0.2) is 4.68 Å². The zero-order valence-electron chi connectivity index (χ0n) is 9.58. The Morgan fingerprint density at radius 1 is 1.47 bits per heavy atom. The van der Waals surface area contributed by atoms with Crippen LogP contribution in [0.25, 0.3) is 0 Å². The number of hydrogen-bond donors (Lipinski definition) is 1.